The van der Waals surface area contributed by atoms with Gasteiger partial charge in [0.1, 0.15) is 48.9 Å². The molecule has 30 heteroatoms. The number of nitrogens with two attached hydrogens (primary N) is 3. The van der Waals surface area contributed by atoms with Crippen LogP contribution in [0.5, 0.6) is 0 Å². The molecule has 0 unspecified atom stereocenters. The van der Waals surface area contributed by atoms with E-state index in [1.54, 1.807) is 105 Å². The largest absolute Gasteiger partial charge is 0.467 e. The number of nitrogens with one attached hydrogen (secondary N) is 7. The summed E-state index contributed by atoms with van der Waals surface area (Å²) in [4.78, 5) is 30.0. The number of anilines is 5. The summed E-state index contributed by atoms with van der Waals surface area (Å²) >= 11 is 41.3. The predicted octanol–water partition coefficient (Wildman–Crippen LogP) is 23.8. The third-order valence-corrected chi connectivity index (χ3v) is 27.1. The quantitative estimate of drug-likeness (QED) is 0.0238. The van der Waals surface area contributed by atoms with E-state index in [1.165, 1.54) is 52.0 Å². The molecule has 1 aromatic carbocycles. The van der Waals surface area contributed by atoms with Gasteiger partial charge in [-0.3, -0.25) is 0 Å². The van der Waals surface area contributed by atoms with Crippen molar-refractivity contribution >= 4 is 206 Å². The van der Waals surface area contributed by atoms with Crippen molar-refractivity contribution in [3.8, 4) is 0 Å². The van der Waals surface area contributed by atoms with E-state index in [9.17, 15) is 4.39 Å². The molecule has 0 radical (unpaired) electrons. The van der Waals surface area contributed by atoms with Gasteiger partial charge < -0.3 is 67.7 Å². The number of fused-ring (bicyclic) bond motifs is 5. The van der Waals surface area contributed by atoms with E-state index in [4.69, 9.17) is 88.5 Å². The van der Waals surface area contributed by atoms with Gasteiger partial charge in [0.25, 0.3) is 0 Å². The average molecular weight is 1720 g/mol. The molecule has 0 saturated heterocycles. The van der Waals surface area contributed by atoms with Gasteiger partial charge in [-0.1, -0.05) is 96.1 Å². The van der Waals surface area contributed by atoms with Crippen LogP contribution in [0.1, 0.15) is 127 Å². The van der Waals surface area contributed by atoms with Crippen LogP contribution in [-0.2, 0) is 52.1 Å². The zero-order valence-corrected chi connectivity index (χ0v) is 72.8. The molecular weight excluding hydrogens is 1630 g/mol. The molecule has 112 heavy (non-hydrogen) atoms. The highest BCUT2D eigenvalue weighted by molar-refractivity contribution is 7.21. The third kappa shape index (κ3) is 21.5. The highest BCUT2D eigenvalue weighted by Gasteiger charge is 2.24. The zero-order chi connectivity index (χ0) is 80.0. The number of aryl methyl sites for hydroxylation is 5. The lowest BCUT2D eigenvalue weighted by atomic mass is 10.0. The fourth-order valence-electron chi connectivity index (χ4n) is 12.2. The molecule has 18 nitrogen and oxygen atoms in total. The number of nitrogens with zero attached hydrogens (tertiary/aromatic N) is 5. The highest BCUT2D eigenvalue weighted by Crippen LogP contribution is 2.44. The van der Waals surface area contributed by atoms with Crippen molar-refractivity contribution in [1.82, 2.24) is 35.6 Å². The fraction of sp³-hybridized carbons (Fsp3) is 0.305. The Kier molecular flexibility index (Phi) is 30.3. The van der Waals surface area contributed by atoms with Gasteiger partial charge in [0.15, 0.2) is 0 Å². The van der Waals surface area contributed by atoms with Gasteiger partial charge in [-0.25, -0.2) is 29.3 Å². The molecule has 0 aliphatic rings. The van der Waals surface area contributed by atoms with Gasteiger partial charge in [-0.05, 0) is 170 Å². The Labute approximate surface area is 700 Å². The summed E-state index contributed by atoms with van der Waals surface area (Å²) in [6.07, 6.45) is 6.69. The van der Waals surface area contributed by atoms with E-state index in [0.29, 0.717) is 63.4 Å². The van der Waals surface area contributed by atoms with Crippen molar-refractivity contribution in [3.63, 3.8) is 0 Å². The first-order valence-electron chi connectivity index (χ1n) is 36.3. The molecule has 0 fully saturated rings. The lowest BCUT2D eigenvalue weighted by Crippen LogP contribution is -2.17. The van der Waals surface area contributed by atoms with Crippen LogP contribution in [0, 0.1) is 46.4 Å². The lowest BCUT2D eigenvalue weighted by molar-refractivity contribution is 0.518. The number of benzene rings is 1. The summed E-state index contributed by atoms with van der Waals surface area (Å²) in [6, 6.07) is 32.2. The Morgan fingerprint density at radius 3 is 1.15 bits per heavy atom. The Balaban J connectivity index is 0.000000139. The van der Waals surface area contributed by atoms with Crippen LogP contribution < -0.4 is 54.4 Å². The van der Waals surface area contributed by atoms with Crippen LogP contribution in [0.15, 0.2) is 141 Å². The van der Waals surface area contributed by atoms with E-state index in [1.807, 2.05) is 102 Å². The Morgan fingerprint density at radius 2 is 0.786 bits per heavy atom. The Bertz CT molecular complexity index is 5590. The second-order valence-corrected chi connectivity index (χ2v) is 35.7. The topological polar surface area (TPSA) is 266 Å². The number of aromatic nitrogens is 5. The van der Waals surface area contributed by atoms with Gasteiger partial charge >= 0.3 is 0 Å². The van der Waals surface area contributed by atoms with Crippen molar-refractivity contribution in [2.45, 2.75) is 146 Å². The molecule has 0 saturated carbocycles. The van der Waals surface area contributed by atoms with E-state index in [-0.39, 0.29) is 30.0 Å². The molecule has 0 bridgehead atoms. The molecule has 15 aromatic rings. The lowest BCUT2D eigenvalue weighted by Gasteiger charge is -2.14. The first-order chi connectivity index (χ1) is 53.7. The van der Waals surface area contributed by atoms with E-state index >= 15 is 0 Å². The number of hydrogen-bond acceptors (Lipinski definition) is 24. The number of halogens is 6. The predicted molar refractivity (Wildman–Crippen MR) is 477 cm³/mol. The molecule has 0 aliphatic carbocycles. The molecule has 0 spiro atoms. The first kappa shape index (κ1) is 85.4. The van der Waals surface area contributed by atoms with Crippen molar-refractivity contribution in [2.75, 3.05) is 40.7 Å². The molecule has 14 aromatic heterocycles. The second-order valence-electron chi connectivity index (χ2n) is 27.3. The third-order valence-electron chi connectivity index (χ3n) is 18.3. The maximum absolute atomic E-state index is 13.8. The summed E-state index contributed by atoms with van der Waals surface area (Å²) in [5, 5.41) is 27.9. The maximum atomic E-state index is 13.8. The number of pyridine rings is 5. The molecular formula is C82H91Cl5FN15O3S6. The maximum Gasteiger partial charge on any atom is 0.131 e. The summed E-state index contributed by atoms with van der Waals surface area (Å²) < 4.78 is 35.4. The second kappa shape index (κ2) is 39.7. The van der Waals surface area contributed by atoms with Gasteiger partial charge in [0.2, 0.25) is 0 Å². The zero-order valence-electron chi connectivity index (χ0n) is 64.1. The Morgan fingerprint density at radius 1 is 0.420 bits per heavy atom. The molecule has 4 atom stereocenters. The van der Waals surface area contributed by atoms with Crippen molar-refractivity contribution in [2.24, 2.45) is 23.1 Å². The van der Waals surface area contributed by atoms with Crippen LogP contribution in [0.25, 0.3) is 51.1 Å². The van der Waals surface area contributed by atoms with Crippen molar-refractivity contribution in [1.29, 1.82) is 0 Å². The minimum Gasteiger partial charge on any atom is -0.467 e. The number of rotatable bonds is 25. The number of furan rings is 3. The minimum atomic E-state index is -0.221. The molecule has 0 amide bonds. The Hall–Kier alpha value is -7.51. The van der Waals surface area contributed by atoms with Gasteiger partial charge in [0, 0.05) is 109 Å². The summed E-state index contributed by atoms with van der Waals surface area (Å²) in [5.41, 5.74) is 34.3. The van der Waals surface area contributed by atoms with E-state index in [2.05, 4.69) is 128 Å². The van der Waals surface area contributed by atoms with Gasteiger partial charge in [-0.2, -0.15) is 0 Å². The smallest absolute Gasteiger partial charge is 0.131 e. The summed E-state index contributed by atoms with van der Waals surface area (Å²) in [5.74, 6) is 2.80. The highest BCUT2D eigenvalue weighted by atomic mass is 35.5. The molecule has 13 N–H and O–H groups in total. The van der Waals surface area contributed by atoms with Crippen LogP contribution in [0.4, 0.5) is 32.8 Å². The van der Waals surface area contributed by atoms with Crippen LogP contribution in [-0.4, -0.2) is 51.1 Å². The monoisotopic (exact) mass is 1720 g/mol. The van der Waals surface area contributed by atoms with Crippen molar-refractivity contribution in [3.05, 3.63) is 239 Å². The van der Waals surface area contributed by atoms with Crippen LogP contribution >= 0.6 is 126 Å². The molecule has 590 valence electrons. The summed E-state index contributed by atoms with van der Waals surface area (Å²) in [6.45, 7) is 24.7. The van der Waals surface area contributed by atoms with Crippen LogP contribution in [0.3, 0.4) is 0 Å². The SMILES string of the molecule is CNCc1sc2c(NCc3ccco3)cc(Cl)nc2c1C.CN[C@@H](C)c1sc2c(NCc3ccco3)cc(Cl)nc2c1C.Cc1c(C[C@H](C)N)sc2c(NCc3ccccc3F)cc(Cl)nc12.Cc1c(C[C@H](C)N)sc2c(NCc3cccs3)cc(Cl)nc12.Cc1c([C@@H](N)C(C)C)sc2c(NCc3ccco3)cc(Cl)nc12. The molecule has 15 rings (SSSR count). The fourth-order valence-corrected chi connectivity index (χ4v) is 20.6. The van der Waals surface area contributed by atoms with Crippen molar-refractivity contribution < 1.29 is 17.6 Å². The molecule has 0 aliphatic heterocycles. The summed E-state index contributed by atoms with van der Waals surface area (Å²) in [7, 11) is 3.91. The van der Waals surface area contributed by atoms with E-state index < -0.39 is 0 Å². The number of hydrogen-bond donors (Lipinski definition) is 10. The van der Waals surface area contributed by atoms with Gasteiger partial charge in [0.05, 0.1) is 118 Å². The standard InChI is InChI=1S/C18H19ClFN3S.C17H20ClN3OS.C16H18ClN3OS.C16H18ClN3S2.C15H16ClN3OS/c1-10(21)7-15-11(2)17-18(24-15)14(8-16(19)23-17)22-9-12-5-3-4-6-13(12)20;1-9(2)14(19)16-10(3)15-17(23-16)12(7-13(18)21-15)20-8-11-5-4-6-22-11;1-9-14-16(22-15(9)10(2)18-3)12(7-13(17)20-14)19-8-11-5-4-6-21-11;1-9(18)6-13-10(2)15-16(22-13)12(7-14(17)20-15)19-8-11-4-3-5-21-11;1-9-12(8-17-2)21-15-11(6-13(16)19-14(9)15)18-7-10-4-3-5-20-10/h3-6,8,10H,7,9,21H2,1-2H3,(H,22,23);4-7,9,14H,8,19H2,1-3H3,(H,20,21);4-7,10,18H,8H2,1-3H3,(H,19,20);3-5,7,9H,6,8,18H2,1-2H3,(H,19,20);3-6,17H,7-8H2,1-2H3,(H,18,19)/t10-;14-;10-;9-;/m0000./s1. The average Bonchev–Trinajstić information content (AvgIpc) is 1.41. The normalized spacial score (nSPS) is 12.4. The first-order valence-corrected chi connectivity index (χ1v) is 43.2. The van der Waals surface area contributed by atoms with Crippen LogP contribution in [0.2, 0.25) is 25.8 Å². The number of thiophene rings is 6. The van der Waals surface area contributed by atoms with Gasteiger partial charge in [-0.15, -0.1) is 68.0 Å². The minimum absolute atomic E-state index is 0.00546. The molecule has 14 heterocycles. The van der Waals surface area contributed by atoms with E-state index in [0.717, 1.165) is 134 Å².